The van der Waals surface area contributed by atoms with E-state index in [4.69, 9.17) is 21.4 Å². The Balaban J connectivity index is 2.45. The van der Waals surface area contributed by atoms with E-state index in [1.54, 1.807) is 25.3 Å². The molecule has 0 aliphatic rings. The maximum Gasteiger partial charge on any atom is 0.353 e. The molecule has 0 bridgehead atoms. The average Bonchev–Trinajstić information content (AvgIpc) is 2.79. The summed E-state index contributed by atoms with van der Waals surface area (Å²) in [6, 6.07) is 6.77. The van der Waals surface area contributed by atoms with E-state index in [0.717, 1.165) is 11.1 Å². The van der Waals surface area contributed by atoms with E-state index in [-0.39, 0.29) is 5.69 Å². The monoisotopic (exact) mass is 266 g/mol. The predicted octanol–water partition coefficient (Wildman–Crippen LogP) is 2.57. The van der Waals surface area contributed by atoms with Crippen LogP contribution in [0.25, 0.3) is 11.3 Å². The molecule has 1 aromatic heterocycles. The Kier molecular flexibility index (Phi) is 3.64. The molecule has 0 saturated heterocycles. The molecule has 0 aliphatic carbocycles. The van der Waals surface area contributed by atoms with Crippen molar-refractivity contribution in [3.8, 4) is 11.3 Å². The maximum atomic E-state index is 10.8. The SMILES string of the molecule is COCc1cc(Cl)ccc1-c1cc(C(=O)O)[nH]n1. The Morgan fingerprint density at radius 2 is 2.28 bits per heavy atom. The lowest BCUT2D eigenvalue weighted by Crippen LogP contribution is -1.95. The van der Waals surface area contributed by atoms with Crippen LogP contribution < -0.4 is 0 Å². The summed E-state index contributed by atoms with van der Waals surface area (Å²) >= 11 is 5.92. The third-order valence-electron chi connectivity index (χ3n) is 2.45. The molecule has 0 atom stereocenters. The van der Waals surface area contributed by atoms with Gasteiger partial charge in [0.15, 0.2) is 0 Å². The fourth-order valence-corrected chi connectivity index (χ4v) is 1.85. The van der Waals surface area contributed by atoms with Gasteiger partial charge < -0.3 is 9.84 Å². The van der Waals surface area contributed by atoms with Crippen molar-refractivity contribution in [1.29, 1.82) is 0 Å². The lowest BCUT2D eigenvalue weighted by Gasteiger charge is -2.06. The van der Waals surface area contributed by atoms with E-state index >= 15 is 0 Å². The molecule has 18 heavy (non-hydrogen) atoms. The molecule has 0 aliphatic heterocycles. The van der Waals surface area contributed by atoms with Crippen LogP contribution in [0.1, 0.15) is 16.1 Å². The summed E-state index contributed by atoms with van der Waals surface area (Å²) in [5, 5.41) is 15.9. The molecule has 5 nitrogen and oxygen atoms in total. The van der Waals surface area contributed by atoms with Crippen LogP contribution in [0.4, 0.5) is 0 Å². The summed E-state index contributed by atoms with van der Waals surface area (Å²) in [5.41, 5.74) is 2.25. The Bertz CT molecular complexity index is 580. The van der Waals surface area contributed by atoms with E-state index in [0.29, 0.717) is 17.3 Å². The van der Waals surface area contributed by atoms with E-state index in [1.807, 2.05) is 0 Å². The lowest BCUT2D eigenvalue weighted by molar-refractivity contribution is 0.0690. The van der Waals surface area contributed by atoms with Gasteiger partial charge in [-0.1, -0.05) is 17.7 Å². The second-order valence-electron chi connectivity index (χ2n) is 3.71. The van der Waals surface area contributed by atoms with E-state index in [1.165, 1.54) is 6.07 Å². The molecule has 6 heteroatoms. The Hall–Kier alpha value is -1.85. The Labute approximate surface area is 108 Å². The number of aromatic carboxylic acids is 1. The predicted molar refractivity (Wildman–Crippen MR) is 66.7 cm³/mol. The van der Waals surface area contributed by atoms with Crippen molar-refractivity contribution in [2.75, 3.05) is 7.11 Å². The minimum absolute atomic E-state index is 0.0447. The van der Waals surface area contributed by atoms with Crippen molar-refractivity contribution < 1.29 is 14.6 Å². The number of aromatic amines is 1. The zero-order valence-electron chi connectivity index (χ0n) is 9.61. The second kappa shape index (κ2) is 5.20. The van der Waals surface area contributed by atoms with Gasteiger partial charge in [-0.25, -0.2) is 4.79 Å². The Morgan fingerprint density at radius 1 is 1.50 bits per heavy atom. The average molecular weight is 267 g/mol. The van der Waals surface area contributed by atoms with Crippen LogP contribution in [0.3, 0.4) is 0 Å². The minimum atomic E-state index is -1.05. The highest BCUT2D eigenvalue weighted by molar-refractivity contribution is 6.30. The number of carboxylic acids is 1. The molecular weight excluding hydrogens is 256 g/mol. The van der Waals surface area contributed by atoms with Gasteiger partial charge in [0.25, 0.3) is 0 Å². The summed E-state index contributed by atoms with van der Waals surface area (Å²) in [4.78, 5) is 10.8. The van der Waals surface area contributed by atoms with Crippen molar-refractivity contribution in [1.82, 2.24) is 10.2 Å². The number of carboxylic acid groups (broad SMARTS) is 1. The minimum Gasteiger partial charge on any atom is -0.477 e. The topological polar surface area (TPSA) is 75.2 Å². The largest absolute Gasteiger partial charge is 0.477 e. The van der Waals surface area contributed by atoms with Crippen LogP contribution in [0.15, 0.2) is 24.3 Å². The molecule has 1 heterocycles. The van der Waals surface area contributed by atoms with E-state index in [2.05, 4.69) is 10.2 Å². The fourth-order valence-electron chi connectivity index (χ4n) is 1.66. The van der Waals surface area contributed by atoms with Crippen LogP contribution in [0.2, 0.25) is 5.02 Å². The number of nitrogens with one attached hydrogen (secondary N) is 1. The first kappa shape index (κ1) is 12.6. The van der Waals surface area contributed by atoms with E-state index < -0.39 is 5.97 Å². The molecule has 1 aromatic carbocycles. The normalized spacial score (nSPS) is 10.6. The highest BCUT2D eigenvalue weighted by Crippen LogP contribution is 2.26. The number of halogens is 1. The van der Waals surface area contributed by atoms with Gasteiger partial charge in [-0.15, -0.1) is 0 Å². The summed E-state index contributed by atoms with van der Waals surface area (Å²) in [6.07, 6.45) is 0. The third-order valence-corrected chi connectivity index (χ3v) is 2.69. The molecule has 0 spiro atoms. The number of benzene rings is 1. The quantitative estimate of drug-likeness (QED) is 0.892. The zero-order chi connectivity index (χ0) is 13.1. The number of rotatable bonds is 4. The number of hydrogen-bond donors (Lipinski definition) is 2. The summed E-state index contributed by atoms with van der Waals surface area (Å²) in [5.74, 6) is -1.05. The number of aromatic nitrogens is 2. The second-order valence-corrected chi connectivity index (χ2v) is 4.14. The van der Waals surface area contributed by atoms with Gasteiger partial charge in [-0.05, 0) is 23.8 Å². The highest BCUT2D eigenvalue weighted by Gasteiger charge is 2.12. The van der Waals surface area contributed by atoms with Crippen LogP contribution in [-0.2, 0) is 11.3 Å². The molecule has 2 aromatic rings. The molecule has 0 amide bonds. The van der Waals surface area contributed by atoms with Crippen molar-refractivity contribution >= 4 is 17.6 Å². The number of hydrogen-bond acceptors (Lipinski definition) is 3. The van der Waals surface area contributed by atoms with Gasteiger partial charge in [0.1, 0.15) is 5.69 Å². The molecule has 0 unspecified atom stereocenters. The van der Waals surface area contributed by atoms with Gasteiger partial charge in [-0.2, -0.15) is 5.10 Å². The number of nitrogens with zero attached hydrogens (tertiary/aromatic N) is 1. The molecule has 0 saturated carbocycles. The smallest absolute Gasteiger partial charge is 0.353 e. The van der Waals surface area contributed by atoms with Crippen LogP contribution >= 0.6 is 11.6 Å². The third kappa shape index (κ3) is 2.52. The van der Waals surface area contributed by atoms with Crippen molar-refractivity contribution in [3.05, 3.63) is 40.5 Å². The van der Waals surface area contributed by atoms with Gasteiger partial charge >= 0.3 is 5.97 Å². The van der Waals surface area contributed by atoms with Crippen LogP contribution in [0.5, 0.6) is 0 Å². The molecule has 0 radical (unpaired) electrons. The van der Waals surface area contributed by atoms with Gasteiger partial charge in [0, 0.05) is 17.7 Å². The fraction of sp³-hybridized carbons (Fsp3) is 0.167. The Morgan fingerprint density at radius 3 is 2.89 bits per heavy atom. The standard InChI is InChI=1S/C12H11ClN2O3/c1-18-6-7-4-8(13)2-3-9(7)10-5-11(12(16)17)15-14-10/h2-5H,6H2,1H3,(H,14,15)(H,16,17). The maximum absolute atomic E-state index is 10.8. The molecular formula is C12H11ClN2O3. The number of carbonyl (C=O) groups is 1. The van der Waals surface area contributed by atoms with Gasteiger partial charge in [0.05, 0.1) is 12.3 Å². The zero-order valence-corrected chi connectivity index (χ0v) is 10.4. The molecule has 2 rings (SSSR count). The van der Waals surface area contributed by atoms with Crippen molar-refractivity contribution in [2.24, 2.45) is 0 Å². The summed E-state index contributed by atoms with van der Waals surface area (Å²) in [7, 11) is 1.58. The summed E-state index contributed by atoms with van der Waals surface area (Å²) < 4.78 is 5.09. The number of methoxy groups -OCH3 is 1. The first-order valence-corrected chi connectivity index (χ1v) is 5.56. The van der Waals surface area contributed by atoms with Crippen LogP contribution in [0, 0.1) is 0 Å². The lowest BCUT2D eigenvalue weighted by atomic mass is 10.1. The van der Waals surface area contributed by atoms with E-state index in [9.17, 15) is 4.79 Å². The summed E-state index contributed by atoms with van der Waals surface area (Å²) in [6.45, 7) is 0.380. The first-order valence-electron chi connectivity index (χ1n) is 5.18. The molecule has 94 valence electrons. The highest BCUT2D eigenvalue weighted by atomic mass is 35.5. The first-order chi connectivity index (χ1) is 8.61. The van der Waals surface area contributed by atoms with Crippen molar-refractivity contribution in [2.45, 2.75) is 6.61 Å². The van der Waals surface area contributed by atoms with Crippen molar-refractivity contribution in [3.63, 3.8) is 0 Å². The number of ether oxygens (including phenoxy) is 1. The van der Waals surface area contributed by atoms with Gasteiger partial charge in [-0.3, -0.25) is 5.10 Å². The molecule has 2 N–H and O–H groups in total. The molecule has 0 fully saturated rings. The van der Waals surface area contributed by atoms with Gasteiger partial charge in [0.2, 0.25) is 0 Å². The van der Waals surface area contributed by atoms with Crippen LogP contribution in [-0.4, -0.2) is 28.4 Å². The number of H-pyrrole nitrogens is 1.